The molecule has 0 heterocycles. The monoisotopic (exact) mass is 270 g/mol. The lowest BCUT2D eigenvalue weighted by molar-refractivity contribution is -0.172. The summed E-state index contributed by atoms with van der Waals surface area (Å²) in [6.07, 6.45) is 1.04. The van der Waals surface area contributed by atoms with Gasteiger partial charge in [-0.2, -0.15) is 0 Å². The summed E-state index contributed by atoms with van der Waals surface area (Å²) in [5.41, 5.74) is -0.777. The van der Waals surface area contributed by atoms with Crippen molar-refractivity contribution in [2.75, 3.05) is 0 Å². The smallest absolute Gasteiger partial charge is 0.130 e. The van der Waals surface area contributed by atoms with Gasteiger partial charge in [-0.15, -0.1) is 0 Å². The number of hydrogen-bond donors (Lipinski definition) is 0. The largest absolute Gasteiger partial charge is 0.369 e. The second-order valence-electron chi connectivity index (χ2n) is 6.92. The first-order valence-electron chi connectivity index (χ1n) is 7.07. The molecule has 112 valence electrons. The Morgan fingerprint density at radius 1 is 0.842 bits per heavy atom. The van der Waals surface area contributed by atoms with Gasteiger partial charge in [-0.1, -0.05) is 13.8 Å². The highest BCUT2D eigenvalue weighted by Gasteiger charge is 2.37. The van der Waals surface area contributed by atoms with Crippen molar-refractivity contribution in [1.82, 2.24) is 0 Å². The molecule has 0 bridgehead atoms. The number of ether oxygens (including phenoxy) is 1. The van der Waals surface area contributed by atoms with E-state index in [4.69, 9.17) is 4.74 Å². The van der Waals surface area contributed by atoms with Crippen molar-refractivity contribution in [2.45, 2.75) is 79.4 Å². The maximum absolute atomic E-state index is 11.2. The van der Waals surface area contributed by atoms with Crippen molar-refractivity contribution < 1.29 is 14.3 Å². The normalized spacial score (nSPS) is 16.0. The van der Waals surface area contributed by atoms with Crippen LogP contribution >= 0.6 is 0 Å². The molecule has 0 aliphatic rings. The van der Waals surface area contributed by atoms with Crippen molar-refractivity contribution in [2.24, 2.45) is 11.8 Å². The Labute approximate surface area is 118 Å². The summed E-state index contributed by atoms with van der Waals surface area (Å²) in [6, 6.07) is 0. The van der Waals surface area contributed by atoms with Crippen LogP contribution in [-0.2, 0) is 14.3 Å². The molecular weight excluding hydrogens is 240 g/mol. The Morgan fingerprint density at radius 3 is 1.32 bits per heavy atom. The Morgan fingerprint density at radius 2 is 1.11 bits per heavy atom. The van der Waals surface area contributed by atoms with E-state index >= 15 is 0 Å². The fourth-order valence-electron chi connectivity index (χ4n) is 2.23. The molecule has 0 N–H and O–H groups in total. The average molecular weight is 270 g/mol. The van der Waals surface area contributed by atoms with Gasteiger partial charge in [-0.25, -0.2) is 0 Å². The van der Waals surface area contributed by atoms with Gasteiger partial charge in [0.25, 0.3) is 0 Å². The average Bonchev–Trinajstić information content (AvgIpc) is 2.13. The van der Waals surface area contributed by atoms with Crippen LogP contribution < -0.4 is 0 Å². The second-order valence-corrected chi connectivity index (χ2v) is 6.92. The first-order chi connectivity index (χ1) is 8.38. The molecule has 2 atom stereocenters. The fraction of sp³-hybridized carbons (Fsp3) is 0.875. The summed E-state index contributed by atoms with van der Waals surface area (Å²) in [6.45, 7) is 15.4. The van der Waals surface area contributed by atoms with E-state index in [1.807, 2.05) is 41.5 Å². The quantitative estimate of drug-likeness (QED) is 0.674. The molecule has 2 unspecified atom stereocenters. The Bertz CT molecular complexity index is 297. The first kappa shape index (κ1) is 18.3. The van der Waals surface area contributed by atoms with Gasteiger partial charge in [0.15, 0.2) is 0 Å². The maximum atomic E-state index is 11.2. The number of Topliss-reactive ketones (excluding diaryl/α,β-unsaturated/α-hetero) is 2. The van der Waals surface area contributed by atoms with Gasteiger partial charge in [0.2, 0.25) is 0 Å². The SMILES string of the molecule is CC(=O)CC(C)C(C)(C)OC(C)(C)C(C)CC(C)=O. The van der Waals surface area contributed by atoms with Crippen LogP contribution in [0.1, 0.15) is 68.2 Å². The molecule has 0 saturated carbocycles. The molecule has 0 aromatic heterocycles. The lowest BCUT2D eigenvalue weighted by Crippen LogP contribution is -2.45. The van der Waals surface area contributed by atoms with Crippen LogP contribution in [0, 0.1) is 11.8 Å². The van der Waals surface area contributed by atoms with Crippen LogP contribution in [0.4, 0.5) is 0 Å². The Hall–Kier alpha value is -0.700. The van der Waals surface area contributed by atoms with Crippen LogP contribution in [0.2, 0.25) is 0 Å². The van der Waals surface area contributed by atoms with E-state index in [1.54, 1.807) is 13.8 Å². The van der Waals surface area contributed by atoms with Gasteiger partial charge in [0, 0.05) is 12.8 Å². The molecule has 0 aromatic rings. The molecule has 19 heavy (non-hydrogen) atoms. The standard InChI is InChI=1S/C16H30O3/c1-11(9-13(3)17)15(5,6)19-16(7,8)12(2)10-14(4)18/h11-12H,9-10H2,1-8H3. The second kappa shape index (κ2) is 6.65. The molecule has 0 saturated heterocycles. The minimum absolute atomic E-state index is 0.147. The maximum Gasteiger partial charge on any atom is 0.130 e. The number of carbonyl (C=O) groups excluding carboxylic acids is 2. The van der Waals surface area contributed by atoms with E-state index in [2.05, 4.69) is 0 Å². The van der Waals surface area contributed by atoms with Crippen LogP contribution in [0.3, 0.4) is 0 Å². The summed E-state index contributed by atoms with van der Waals surface area (Å²) in [4.78, 5) is 22.5. The highest BCUT2D eigenvalue weighted by molar-refractivity contribution is 5.76. The highest BCUT2D eigenvalue weighted by Crippen LogP contribution is 2.34. The van der Waals surface area contributed by atoms with Crippen molar-refractivity contribution in [3.63, 3.8) is 0 Å². The van der Waals surface area contributed by atoms with Crippen LogP contribution in [0.5, 0.6) is 0 Å². The summed E-state index contributed by atoms with van der Waals surface area (Å²) in [5.74, 6) is 0.653. The third-order valence-electron chi connectivity index (χ3n) is 4.09. The number of ketones is 2. The van der Waals surface area contributed by atoms with Crippen LogP contribution in [0.25, 0.3) is 0 Å². The number of hydrogen-bond acceptors (Lipinski definition) is 3. The molecule has 3 heteroatoms. The Balaban J connectivity index is 4.78. The number of rotatable bonds is 8. The van der Waals surface area contributed by atoms with E-state index in [1.165, 1.54) is 0 Å². The minimum atomic E-state index is -0.389. The van der Waals surface area contributed by atoms with Gasteiger partial charge >= 0.3 is 0 Å². The van der Waals surface area contributed by atoms with E-state index in [9.17, 15) is 9.59 Å². The van der Waals surface area contributed by atoms with Crippen molar-refractivity contribution >= 4 is 11.6 Å². The third kappa shape index (κ3) is 6.33. The predicted octanol–water partition coefficient (Wildman–Crippen LogP) is 3.79. The molecule has 0 aromatic carbocycles. The molecule has 0 aliphatic carbocycles. The van der Waals surface area contributed by atoms with E-state index < -0.39 is 0 Å². The van der Waals surface area contributed by atoms with Gasteiger partial charge < -0.3 is 14.3 Å². The summed E-state index contributed by atoms with van der Waals surface area (Å²) < 4.78 is 6.25. The van der Waals surface area contributed by atoms with Gasteiger partial charge in [0.1, 0.15) is 11.6 Å². The zero-order valence-electron chi connectivity index (χ0n) is 13.8. The molecule has 0 radical (unpaired) electrons. The van der Waals surface area contributed by atoms with Gasteiger partial charge in [-0.05, 0) is 53.4 Å². The zero-order valence-corrected chi connectivity index (χ0v) is 13.8. The van der Waals surface area contributed by atoms with Gasteiger partial charge in [-0.3, -0.25) is 0 Å². The lowest BCUT2D eigenvalue weighted by Gasteiger charge is -2.42. The zero-order chi connectivity index (χ0) is 15.4. The molecule has 0 amide bonds. The van der Waals surface area contributed by atoms with Crippen LogP contribution in [-0.4, -0.2) is 22.8 Å². The first-order valence-corrected chi connectivity index (χ1v) is 7.07. The summed E-state index contributed by atoms with van der Waals surface area (Å²) in [7, 11) is 0. The summed E-state index contributed by atoms with van der Waals surface area (Å²) in [5, 5.41) is 0. The molecule has 0 aliphatic heterocycles. The highest BCUT2D eigenvalue weighted by atomic mass is 16.5. The van der Waals surface area contributed by atoms with Crippen LogP contribution in [0.15, 0.2) is 0 Å². The molecular formula is C16H30O3. The topological polar surface area (TPSA) is 43.4 Å². The molecule has 0 rings (SSSR count). The molecule has 3 nitrogen and oxygen atoms in total. The van der Waals surface area contributed by atoms with E-state index in [0.717, 1.165) is 0 Å². The fourth-order valence-corrected chi connectivity index (χ4v) is 2.23. The summed E-state index contributed by atoms with van der Waals surface area (Å²) >= 11 is 0. The van der Waals surface area contributed by atoms with E-state index in [-0.39, 0.29) is 34.6 Å². The predicted molar refractivity (Wildman–Crippen MR) is 78.2 cm³/mol. The molecule has 0 fully saturated rings. The van der Waals surface area contributed by atoms with Crippen molar-refractivity contribution in [3.05, 3.63) is 0 Å². The minimum Gasteiger partial charge on any atom is -0.369 e. The van der Waals surface area contributed by atoms with Gasteiger partial charge in [0.05, 0.1) is 11.2 Å². The molecule has 0 spiro atoms. The number of carbonyl (C=O) groups is 2. The third-order valence-corrected chi connectivity index (χ3v) is 4.09. The lowest BCUT2D eigenvalue weighted by atomic mass is 9.84. The Kier molecular flexibility index (Phi) is 6.40. The van der Waals surface area contributed by atoms with Crippen molar-refractivity contribution in [1.29, 1.82) is 0 Å². The van der Waals surface area contributed by atoms with E-state index in [0.29, 0.717) is 12.8 Å². The van der Waals surface area contributed by atoms with Crippen molar-refractivity contribution in [3.8, 4) is 0 Å².